The van der Waals surface area contributed by atoms with Crippen molar-refractivity contribution in [3.63, 3.8) is 0 Å². The van der Waals surface area contributed by atoms with Crippen LogP contribution in [-0.2, 0) is 0 Å². The van der Waals surface area contributed by atoms with E-state index in [1.54, 1.807) is 0 Å². The molecule has 0 N–H and O–H groups in total. The van der Waals surface area contributed by atoms with E-state index in [0.29, 0.717) is 5.92 Å². The largest absolute Gasteiger partial charge is 0.241 e. The summed E-state index contributed by atoms with van der Waals surface area (Å²) in [6.45, 7) is 6.58. The summed E-state index contributed by atoms with van der Waals surface area (Å²) in [4.78, 5) is 0. The van der Waals surface area contributed by atoms with Crippen LogP contribution >= 0.6 is 0 Å². The molecule has 0 atom stereocenters. The summed E-state index contributed by atoms with van der Waals surface area (Å²) in [5.41, 5.74) is 0.278. The predicted molar refractivity (Wildman–Crippen MR) is 50.9 cm³/mol. The highest BCUT2D eigenvalue weighted by Crippen LogP contribution is 2.49. The van der Waals surface area contributed by atoms with E-state index in [9.17, 15) is 8.78 Å². The summed E-state index contributed by atoms with van der Waals surface area (Å²) >= 11 is 0. The monoisotopic (exact) mass is 190 g/mol. The number of halogens is 2. The molecule has 0 aliphatic heterocycles. The Labute approximate surface area is 79.7 Å². The van der Waals surface area contributed by atoms with Crippen molar-refractivity contribution in [3.8, 4) is 0 Å². The Bertz CT molecular complexity index is 157. The van der Waals surface area contributed by atoms with Crippen molar-refractivity contribution in [1.82, 2.24) is 0 Å². The highest BCUT2D eigenvalue weighted by atomic mass is 19.3. The van der Waals surface area contributed by atoms with Crippen LogP contribution in [0.3, 0.4) is 0 Å². The zero-order valence-electron chi connectivity index (χ0n) is 8.82. The maximum atomic E-state index is 12.2. The van der Waals surface area contributed by atoms with Crippen LogP contribution in [0, 0.1) is 17.3 Å². The highest BCUT2D eigenvalue weighted by molar-refractivity contribution is 4.90. The minimum absolute atomic E-state index is 0.278. The van der Waals surface area contributed by atoms with Crippen LogP contribution < -0.4 is 0 Å². The van der Waals surface area contributed by atoms with Gasteiger partial charge in [-0.3, -0.25) is 0 Å². The Kier molecular flexibility index (Phi) is 3.31. The fraction of sp³-hybridized carbons (Fsp3) is 1.00. The summed E-state index contributed by atoms with van der Waals surface area (Å²) in [5, 5.41) is 0. The lowest BCUT2D eigenvalue weighted by Crippen LogP contribution is -2.38. The van der Waals surface area contributed by atoms with Crippen molar-refractivity contribution < 1.29 is 8.78 Å². The molecule has 1 aliphatic rings. The second kappa shape index (κ2) is 3.93. The van der Waals surface area contributed by atoms with E-state index in [1.165, 1.54) is 0 Å². The van der Waals surface area contributed by atoms with Crippen molar-refractivity contribution in [1.29, 1.82) is 0 Å². The third-order valence-electron chi connectivity index (χ3n) is 3.53. The number of alkyl halides is 2. The van der Waals surface area contributed by atoms with Gasteiger partial charge in [0.05, 0.1) is 0 Å². The van der Waals surface area contributed by atoms with Crippen molar-refractivity contribution >= 4 is 0 Å². The molecule has 1 rings (SSSR count). The van der Waals surface area contributed by atoms with Gasteiger partial charge in [0, 0.05) is 5.92 Å². The van der Waals surface area contributed by atoms with E-state index in [1.807, 2.05) is 0 Å². The van der Waals surface area contributed by atoms with Crippen molar-refractivity contribution in [3.05, 3.63) is 0 Å². The smallest absolute Gasteiger partial charge is 0.210 e. The Hall–Kier alpha value is -0.140. The third-order valence-corrected chi connectivity index (χ3v) is 3.53. The van der Waals surface area contributed by atoms with E-state index in [2.05, 4.69) is 20.8 Å². The molecule has 0 bridgehead atoms. The quantitative estimate of drug-likeness (QED) is 0.626. The van der Waals surface area contributed by atoms with Gasteiger partial charge < -0.3 is 0 Å². The van der Waals surface area contributed by atoms with Gasteiger partial charge in [0.1, 0.15) is 0 Å². The van der Waals surface area contributed by atoms with Crippen LogP contribution in [0.5, 0.6) is 0 Å². The molecule has 0 nitrogen and oxygen atoms in total. The summed E-state index contributed by atoms with van der Waals surface area (Å²) < 4.78 is 24.5. The van der Waals surface area contributed by atoms with Crippen molar-refractivity contribution in [2.45, 2.75) is 52.9 Å². The van der Waals surface area contributed by atoms with Gasteiger partial charge in [-0.15, -0.1) is 0 Å². The molecule has 0 spiro atoms. The lowest BCUT2D eigenvalue weighted by atomic mass is 9.61. The fourth-order valence-corrected chi connectivity index (χ4v) is 2.35. The molecular formula is C11H20F2. The Morgan fingerprint density at radius 1 is 1.31 bits per heavy atom. The topological polar surface area (TPSA) is 0 Å². The SMILES string of the molecule is CCCC(C)(C)C1CC(C(F)F)C1. The fourth-order valence-electron chi connectivity index (χ4n) is 2.35. The Balaban J connectivity index is 2.33. The van der Waals surface area contributed by atoms with Crippen LogP contribution in [0.25, 0.3) is 0 Å². The van der Waals surface area contributed by atoms with E-state index < -0.39 is 6.43 Å². The molecule has 0 saturated heterocycles. The van der Waals surface area contributed by atoms with Gasteiger partial charge in [0.25, 0.3) is 0 Å². The maximum Gasteiger partial charge on any atom is 0.241 e. The summed E-state index contributed by atoms with van der Waals surface area (Å²) in [6.07, 6.45) is 1.71. The molecule has 78 valence electrons. The molecule has 0 heterocycles. The van der Waals surface area contributed by atoms with Gasteiger partial charge in [-0.2, -0.15) is 0 Å². The molecule has 0 aromatic rings. The minimum Gasteiger partial charge on any atom is -0.210 e. The minimum atomic E-state index is -2.09. The first-order valence-corrected chi connectivity index (χ1v) is 5.25. The molecule has 1 aliphatic carbocycles. The molecular weight excluding hydrogens is 170 g/mol. The van der Waals surface area contributed by atoms with Crippen LogP contribution in [0.4, 0.5) is 8.78 Å². The van der Waals surface area contributed by atoms with Crippen LogP contribution in [0.15, 0.2) is 0 Å². The van der Waals surface area contributed by atoms with E-state index >= 15 is 0 Å². The molecule has 0 amide bonds. The summed E-state index contributed by atoms with van der Waals surface area (Å²) in [5.74, 6) is 0.229. The molecule has 0 aromatic carbocycles. The van der Waals surface area contributed by atoms with Gasteiger partial charge in [0.2, 0.25) is 6.43 Å². The number of rotatable bonds is 4. The Morgan fingerprint density at radius 3 is 2.23 bits per heavy atom. The number of hydrogen-bond acceptors (Lipinski definition) is 0. The average molecular weight is 190 g/mol. The zero-order valence-corrected chi connectivity index (χ0v) is 8.82. The predicted octanol–water partition coefficient (Wildman–Crippen LogP) is 4.10. The van der Waals surface area contributed by atoms with Gasteiger partial charge in [0.15, 0.2) is 0 Å². The molecule has 2 heteroatoms. The maximum absolute atomic E-state index is 12.2. The molecule has 1 saturated carbocycles. The first-order chi connectivity index (χ1) is 5.97. The average Bonchev–Trinajstić information content (AvgIpc) is 1.79. The van der Waals surface area contributed by atoms with Crippen LogP contribution in [0.1, 0.15) is 46.5 Å². The highest BCUT2D eigenvalue weighted by Gasteiger charge is 2.42. The second-order valence-corrected chi connectivity index (χ2v) is 5.00. The summed E-state index contributed by atoms with van der Waals surface area (Å²) in [7, 11) is 0. The van der Waals surface area contributed by atoms with Crippen LogP contribution in [-0.4, -0.2) is 6.43 Å². The normalized spacial score (nSPS) is 29.1. The van der Waals surface area contributed by atoms with Gasteiger partial charge in [-0.1, -0.05) is 27.2 Å². The zero-order chi connectivity index (χ0) is 10.1. The molecule has 0 aromatic heterocycles. The molecule has 1 fully saturated rings. The van der Waals surface area contributed by atoms with Gasteiger partial charge in [-0.05, 0) is 30.6 Å². The van der Waals surface area contributed by atoms with Crippen molar-refractivity contribution in [2.75, 3.05) is 0 Å². The standard InChI is InChI=1S/C11H20F2/c1-4-5-11(2,3)9-6-8(7-9)10(12)13/h8-10H,4-7H2,1-3H3. The van der Waals surface area contributed by atoms with Gasteiger partial charge in [-0.25, -0.2) is 8.78 Å². The van der Waals surface area contributed by atoms with E-state index in [-0.39, 0.29) is 11.3 Å². The molecule has 0 unspecified atom stereocenters. The first kappa shape index (κ1) is 10.9. The second-order valence-electron chi connectivity index (χ2n) is 5.00. The Morgan fingerprint density at radius 2 is 1.85 bits per heavy atom. The third kappa shape index (κ3) is 2.41. The lowest BCUT2D eigenvalue weighted by Gasteiger charge is -2.45. The number of hydrogen-bond donors (Lipinski definition) is 0. The molecule has 0 radical (unpaired) electrons. The van der Waals surface area contributed by atoms with Gasteiger partial charge >= 0.3 is 0 Å². The first-order valence-electron chi connectivity index (χ1n) is 5.25. The van der Waals surface area contributed by atoms with E-state index in [0.717, 1.165) is 25.7 Å². The summed E-state index contributed by atoms with van der Waals surface area (Å²) in [6, 6.07) is 0. The molecule has 13 heavy (non-hydrogen) atoms. The van der Waals surface area contributed by atoms with E-state index in [4.69, 9.17) is 0 Å². The lowest BCUT2D eigenvalue weighted by molar-refractivity contribution is -0.0397. The van der Waals surface area contributed by atoms with Crippen molar-refractivity contribution in [2.24, 2.45) is 17.3 Å². The van der Waals surface area contributed by atoms with Crippen LogP contribution in [0.2, 0.25) is 0 Å².